The van der Waals surface area contributed by atoms with Crippen LogP contribution < -0.4 is 0 Å². The van der Waals surface area contributed by atoms with Gasteiger partial charge < -0.3 is 9.64 Å². The Labute approximate surface area is 143 Å². The molecule has 0 unspecified atom stereocenters. The normalized spacial score (nSPS) is 15.9. The predicted molar refractivity (Wildman–Crippen MR) is 95.7 cm³/mol. The Kier molecular flexibility index (Phi) is 3.42. The number of thiophene rings is 1. The third kappa shape index (κ3) is 2.00. The van der Waals surface area contributed by atoms with Gasteiger partial charge in [-0.05, 0) is 38.8 Å². The standard InChI is InChI=1S/C17H18N4O2S/c1-5-23-17(22)15-20-12-11-9(3)8(2)10(4)19-16(11)24-13(12)14-18-6-7-21(14)15/h5-7H2,1-4H3. The first-order valence-electron chi connectivity index (χ1n) is 8.01. The molecule has 0 atom stereocenters. The molecular formula is C17H18N4O2S. The SMILES string of the molecule is CCOC(=O)C1=Nc2c(sc3nc(C)c(C)c(C)c23)C2=NCCN12. The van der Waals surface area contributed by atoms with Gasteiger partial charge in [-0.25, -0.2) is 14.8 Å². The van der Waals surface area contributed by atoms with Crippen LogP contribution in [0.1, 0.15) is 28.6 Å². The second-order valence-electron chi connectivity index (χ2n) is 5.92. The van der Waals surface area contributed by atoms with E-state index in [1.165, 1.54) is 0 Å². The van der Waals surface area contributed by atoms with Crippen LogP contribution in [-0.2, 0) is 9.53 Å². The van der Waals surface area contributed by atoms with E-state index in [2.05, 4.69) is 23.8 Å². The Balaban J connectivity index is 2.01. The molecule has 0 N–H and O–H groups in total. The summed E-state index contributed by atoms with van der Waals surface area (Å²) in [5.74, 6) is 0.755. The van der Waals surface area contributed by atoms with E-state index in [9.17, 15) is 4.79 Å². The zero-order valence-electron chi connectivity index (χ0n) is 14.1. The predicted octanol–water partition coefficient (Wildman–Crippen LogP) is 2.89. The van der Waals surface area contributed by atoms with Crippen LogP contribution in [0, 0.1) is 20.8 Å². The van der Waals surface area contributed by atoms with Crippen molar-refractivity contribution in [1.82, 2.24) is 9.88 Å². The Morgan fingerprint density at radius 1 is 1.29 bits per heavy atom. The lowest BCUT2D eigenvalue weighted by molar-refractivity contribution is -0.135. The number of amidine groups is 2. The number of aryl methyl sites for hydroxylation is 2. The van der Waals surface area contributed by atoms with Gasteiger partial charge in [-0.15, -0.1) is 11.3 Å². The number of hydrogen-bond acceptors (Lipinski definition) is 7. The lowest BCUT2D eigenvalue weighted by atomic mass is 10.0. The molecule has 7 heteroatoms. The molecule has 0 fully saturated rings. The first-order valence-corrected chi connectivity index (χ1v) is 8.83. The van der Waals surface area contributed by atoms with E-state index < -0.39 is 5.97 Å². The molecule has 0 spiro atoms. The molecule has 2 aliphatic heterocycles. The fraction of sp³-hybridized carbons (Fsp3) is 0.412. The van der Waals surface area contributed by atoms with E-state index >= 15 is 0 Å². The molecule has 2 aromatic rings. The van der Waals surface area contributed by atoms with Crippen LogP contribution in [0.25, 0.3) is 10.2 Å². The Hall–Kier alpha value is -2.28. The van der Waals surface area contributed by atoms with Crippen LogP contribution in [-0.4, -0.2) is 47.2 Å². The molecule has 6 nitrogen and oxygen atoms in total. The van der Waals surface area contributed by atoms with Gasteiger partial charge in [0, 0.05) is 17.6 Å². The van der Waals surface area contributed by atoms with Gasteiger partial charge in [0.25, 0.3) is 0 Å². The van der Waals surface area contributed by atoms with Crippen molar-refractivity contribution < 1.29 is 9.53 Å². The summed E-state index contributed by atoms with van der Waals surface area (Å²) >= 11 is 1.60. The summed E-state index contributed by atoms with van der Waals surface area (Å²) in [5.41, 5.74) is 4.15. The lowest BCUT2D eigenvalue weighted by Gasteiger charge is -2.24. The van der Waals surface area contributed by atoms with E-state index in [-0.39, 0.29) is 0 Å². The Morgan fingerprint density at radius 2 is 2.08 bits per heavy atom. The number of aromatic nitrogens is 1. The van der Waals surface area contributed by atoms with Crippen molar-refractivity contribution >= 4 is 44.9 Å². The summed E-state index contributed by atoms with van der Waals surface area (Å²) in [6, 6.07) is 0. The minimum atomic E-state index is -0.397. The number of ether oxygens (including phenoxy) is 1. The van der Waals surface area contributed by atoms with Crippen molar-refractivity contribution in [2.45, 2.75) is 27.7 Å². The maximum Gasteiger partial charge on any atom is 0.374 e. The van der Waals surface area contributed by atoms with Gasteiger partial charge in [-0.1, -0.05) is 0 Å². The van der Waals surface area contributed by atoms with Crippen LogP contribution in [0.2, 0.25) is 0 Å². The zero-order valence-corrected chi connectivity index (χ0v) is 15.0. The number of hydrogen-bond donors (Lipinski definition) is 0. The molecule has 4 heterocycles. The lowest BCUT2D eigenvalue weighted by Crippen LogP contribution is -2.42. The summed E-state index contributed by atoms with van der Waals surface area (Å²) in [7, 11) is 0. The molecule has 0 radical (unpaired) electrons. The van der Waals surface area contributed by atoms with Crippen LogP contribution in [0.3, 0.4) is 0 Å². The first kappa shape index (κ1) is 15.3. The minimum absolute atomic E-state index is 0.328. The van der Waals surface area contributed by atoms with E-state index in [0.29, 0.717) is 25.5 Å². The maximum atomic E-state index is 12.4. The third-order valence-corrected chi connectivity index (χ3v) is 5.66. The van der Waals surface area contributed by atoms with Gasteiger partial charge >= 0.3 is 5.97 Å². The highest BCUT2D eigenvalue weighted by Crippen LogP contribution is 2.43. The highest BCUT2D eigenvalue weighted by Gasteiger charge is 2.36. The number of fused-ring (bicyclic) bond motifs is 5. The number of esters is 1. The molecule has 0 aliphatic carbocycles. The van der Waals surface area contributed by atoms with Crippen molar-refractivity contribution in [3.05, 3.63) is 21.7 Å². The van der Waals surface area contributed by atoms with Gasteiger partial charge in [-0.2, -0.15) is 0 Å². The molecule has 0 saturated carbocycles. The van der Waals surface area contributed by atoms with Crippen molar-refractivity contribution in [2.75, 3.05) is 19.7 Å². The summed E-state index contributed by atoms with van der Waals surface area (Å²) in [6.07, 6.45) is 0. The summed E-state index contributed by atoms with van der Waals surface area (Å²) in [6.45, 7) is 9.62. The van der Waals surface area contributed by atoms with Crippen molar-refractivity contribution in [3.63, 3.8) is 0 Å². The number of rotatable bonds is 2. The van der Waals surface area contributed by atoms with Crippen molar-refractivity contribution in [1.29, 1.82) is 0 Å². The quantitative estimate of drug-likeness (QED) is 0.787. The highest BCUT2D eigenvalue weighted by atomic mass is 32.1. The van der Waals surface area contributed by atoms with Gasteiger partial charge in [0.05, 0.1) is 23.7 Å². The molecule has 0 amide bonds. The van der Waals surface area contributed by atoms with Crippen LogP contribution in [0.15, 0.2) is 9.98 Å². The molecule has 2 aliphatic rings. The van der Waals surface area contributed by atoms with E-state index in [0.717, 1.165) is 43.4 Å². The fourth-order valence-corrected chi connectivity index (χ4v) is 4.38. The largest absolute Gasteiger partial charge is 0.460 e. The number of aliphatic imine (C=N–C) groups is 2. The number of nitrogens with zero attached hydrogens (tertiary/aromatic N) is 4. The minimum Gasteiger partial charge on any atom is -0.460 e. The van der Waals surface area contributed by atoms with Crippen molar-refractivity contribution in [3.8, 4) is 0 Å². The van der Waals surface area contributed by atoms with Crippen LogP contribution in [0.4, 0.5) is 5.69 Å². The molecular weight excluding hydrogens is 324 g/mol. The third-order valence-electron chi connectivity index (χ3n) is 4.59. The number of carbonyl (C=O) groups is 1. The molecule has 124 valence electrons. The Bertz CT molecular complexity index is 942. The second kappa shape index (κ2) is 5.37. The van der Waals surface area contributed by atoms with Crippen molar-refractivity contribution in [2.24, 2.45) is 9.98 Å². The summed E-state index contributed by atoms with van der Waals surface area (Å²) in [5, 5.41) is 1.02. The summed E-state index contributed by atoms with van der Waals surface area (Å²) in [4.78, 5) is 30.2. The molecule has 0 saturated heterocycles. The molecule has 0 aromatic carbocycles. The summed E-state index contributed by atoms with van der Waals surface area (Å²) < 4.78 is 5.19. The molecule has 4 rings (SSSR count). The monoisotopic (exact) mass is 342 g/mol. The van der Waals surface area contributed by atoms with Gasteiger partial charge in [0.1, 0.15) is 10.7 Å². The fourth-order valence-electron chi connectivity index (χ4n) is 3.15. The van der Waals surface area contributed by atoms with E-state index in [4.69, 9.17) is 9.72 Å². The maximum absolute atomic E-state index is 12.4. The zero-order chi connectivity index (χ0) is 17.0. The topological polar surface area (TPSA) is 67.1 Å². The van der Waals surface area contributed by atoms with Crippen LogP contribution in [0.5, 0.6) is 0 Å². The molecule has 2 aromatic heterocycles. The number of pyridine rings is 1. The number of carbonyl (C=O) groups excluding carboxylic acids is 1. The highest BCUT2D eigenvalue weighted by molar-refractivity contribution is 7.21. The smallest absolute Gasteiger partial charge is 0.374 e. The van der Waals surface area contributed by atoms with E-state index in [1.54, 1.807) is 18.3 Å². The van der Waals surface area contributed by atoms with E-state index in [1.807, 2.05) is 11.8 Å². The molecule has 24 heavy (non-hydrogen) atoms. The first-order chi connectivity index (χ1) is 11.5. The van der Waals surface area contributed by atoms with Gasteiger partial charge in [-0.3, -0.25) is 4.99 Å². The second-order valence-corrected chi connectivity index (χ2v) is 6.92. The average molecular weight is 342 g/mol. The van der Waals surface area contributed by atoms with Gasteiger partial charge in [0.2, 0.25) is 5.84 Å². The van der Waals surface area contributed by atoms with Gasteiger partial charge in [0.15, 0.2) is 0 Å². The van der Waals surface area contributed by atoms with Crippen LogP contribution >= 0.6 is 11.3 Å². The average Bonchev–Trinajstić information content (AvgIpc) is 3.15. The Morgan fingerprint density at radius 3 is 2.83 bits per heavy atom. The molecule has 0 bridgehead atoms.